The molecule has 6 nitrogen and oxygen atoms in total. The van der Waals surface area contributed by atoms with Crippen LogP contribution in [0.3, 0.4) is 0 Å². The van der Waals surface area contributed by atoms with Crippen molar-refractivity contribution in [2.45, 2.75) is 33.2 Å². The van der Waals surface area contributed by atoms with Crippen LogP contribution in [0.5, 0.6) is 0 Å². The first-order valence-electron chi connectivity index (χ1n) is 10.5. The lowest BCUT2D eigenvalue weighted by molar-refractivity contribution is -0.121. The smallest absolute Gasteiger partial charge is 0.268 e. The molecular weight excluding hydrogens is 420 g/mol. The number of aromatic nitrogens is 2. The Morgan fingerprint density at radius 2 is 1.66 bits per heavy atom. The number of thiophene rings is 1. The van der Waals surface area contributed by atoms with Gasteiger partial charge in [0.15, 0.2) is 0 Å². The largest absolute Gasteiger partial charge is 0.350 e. The van der Waals surface area contributed by atoms with Crippen LogP contribution in [0.2, 0.25) is 0 Å². The van der Waals surface area contributed by atoms with Gasteiger partial charge in [-0.2, -0.15) is 5.10 Å². The van der Waals surface area contributed by atoms with E-state index in [1.807, 2.05) is 99.1 Å². The molecule has 2 aromatic heterocycles. The predicted octanol–water partition coefficient (Wildman–Crippen LogP) is 4.96. The highest BCUT2D eigenvalue weighted by Gasteiger charge is 2.25. The zero-order chi connectivity index (χ0) is 22.9. The normalized spacial score (nSPS) is 11.5. The van der Waals surface area contributed by atoms with Gasteiger partial charge in [-0.25, -0.2) is 4.68 Å². The minimum absolute atomic E-state index is 0.0574. The third-order valence-corrected chi connectivity index (χ3v) is 5.98. The highest BCUT2D eigenvalue weighted by molar-refractivity contribution is 7.20. The second-order valence-electron chi connectivity index (χ2n) is 8.69. The maximum atomic E-state index is 13.6. The molecule has 2 amide bonds. The maximum Gasteiger partial charge on any atom is 0.268 e. The molecule has 2 heterocycles. The van der Waals surface area contributed by atoms with Gasteiger partial charge >= 0.3 is 0 Å². The Bertz CT molecular complexity index is 1250. The molecule has 0 aliphatic carbocycles. The van der Waals surface area contributed by atoms with Crippen LogP contribution in [-0.4, -0.2) is 33.7 Å². The molecule has 2 aromatic carbocycles. The number of fused-ring (bicyclic) bond motifs is 1. The molecule has 32 heavy (non-hydrogen) atoms. The lowest BCUT2D eigenvalue weighted by atomic mass is 10.1. The van der Waals surface area contributed by atoms with Gasteiger partial charge in [-0.1, -0.05) is 36.4 Å². The number of rotatable bonds is 5. The van der Waals surface area contributed by atoms with E-state index in [9.17, 15) is 9.59 Å². The first-order valence-corrected chi connectivity index (χ1v) is 11.3. The Labute approximate surface area is 191 Å². The first-order chi connectivity index (χ1) is 15.2. The number of carbonyl (C=O) groups excluding carboxylic acids is 2. The van der Waals surface area contributed by atoms with Gasteiger partial charge in [0.25, 0.3) is 5.91 Å². The van der Waals surface area contributed by atoms with Crippen molar-refractivity contribution in [2.24, 2.45) is 0 Å². The van der Waals surface area contributed by atoms with Crippen LogP contribution in [0, 0.1) is 6.92 Å². The summed E-state index contributed by atoms with van der Waals surface area (Å²) in [5.41, 5.74) is 2.10. The van der Waals surface area contributed by atoms with Gasteiger partial charge in [0.1, 0.15) is 11.4 Å². The van der Waals surface area contributed by atoms with Gasteiger partial charge in [0.05, 0.1) is 16.3 Å². The number of aryl methyl sites for hydroxylation is 1. The zero-order valence-corrected chi connectivity index (χ0v) is 19.4. The van der Waals surface area contributed by atoms with Gasteiger partial charge in [-0.3, -0.25) is 14.5 Å². The SMILES string of the molecule is Cc1nn(-c2ccccc2)c2sc(C(=O)N(CC(=O)NC(C)(C)C)c3ccccc3)cc12. The Hall–Kier alpha value is -3.45. The summed E-state index contributed by atoms with van der Waals surface area (Å²) >= 11 is 1.39. The summed E-state index contributed by atoms with van der Waals surface area (Å²) in [5.74, 6) is -0.414. The highest BCUT2D eigenvalue weighted by atomic mass is 32.1. The summed E-state index contributed by atoms with van der Waals surface area (Å²) in [5, 5.41) is 8.53. The predicted molar refractivity (Wildman–Crippen MR) is 130 cm³/mol. The topological polar surface area (TPSA) is 67.2 Å². The second-order valence-corrected chi connectivity index (χ2v) is 9.72. The van der Waals surface area contributed by atoms with Crippen molar-refractivity contribution >= 4 is 39.1 Å². The van der Waals surface area contributed by atoms with Gasteiger partial charge in [0.2, 0.25) is 5.91 Å². The number of hydrogen-bond donors (Lipinski definition) is 1. The lowest BCUT2D eigenvalue weighted by Gasteiger charge is -2.25. The standard InChI is InChI=1S/C25H26N4O2S/c1-17-20-15-21(32-24(20)29(27-17)19-13-9-6-10-14-19)23(31)28(18-11-7-5-8-12-18)16-22(30)26-25(2,3)4/h5-15H,16H2,1-4H3,(H,26,30). The number of nitrogens with one attached hydrogen (secondary N) is 1. The van der Waals surface area contributed by atoms with Crippen LogP contribution in [0.4, 0.5) is 5.69 Å². The molecule has 0 spiro atoms. The molecule has 0 fully saturated rings. The molecule has 0 aliphatic rings. The molecule has 0 saturated heterocycles. The summed E-state index contributed by atoms with van der Waals surface area (Å²) in [4.78, 5) is 29.3. The molecule has 0 saturated carbocycles. The van der Waals surface area contributed by atoms with Crippen LogP contribution in [-0.2, 0) is 4.79 Å². The number of nitrogens with zero attached hydrogens (tertiary/aromatic N) is 3. The number of hydrogen-bond acceptors (Lipinski definition) is 4. The first kappa shape index (κ1) is 21.8. The number of amides is 2. The molecule has 0 unspecified atom stereocenters. The van der Waals surface area contributed by atoms with Gasteiger partial charge in [-0.15, -0.1) is 11.3 Å². The molecule has 4 rings (SSSR count). The summed E-state index contributed by atoms with van der Waals surface area (Å²) < 4.78 is 1.87. The van der Waals surface area contributed by atoms with E-state index in [-0.39, 0.29) is 23.9 Å². The average molecular weight is 447 g/mol. The fourth-order valence-corrected chi connectivity index (χ4v) is 4.65. The van der Waals surface area contributed by atoms with E-state index in [1.54, 1.807) is 0 Å². The monoisotopic (exact) mass is 446 g/mol. The van der Waals surface area contributed by atoms with E-state index in [0.29, 0.717) is 10.6 Å². The fraction of sp³-hybridized carbons (Fsp3) is 0.240. The molecule has 0 radical (unpaired) electrons. The number of carbonyl (C=O) groups is 2. The summed E-state index contributed by atoms with van der Waals surface area (Å²) in [6.45, 7) is 7.64. The van der Waals surface area contributed by atoms with E-state index in [0.717, 1.165) is 21.6 Å². The van der Waals surface area contributed by atoms with Crippen molar-refractivity contribution in [2.75, 3.05) is 11.4 Å². The average Bonchev–Trinajstić information content (AvgIpc) is 3.32. The van der Waals surface area contributed by atoms with Gasteiger partial charge < -0.3 is 5.32 Å². The minimum atomic E-state index is -0.379. The molecule has 0 bridgehead atoms. The summed E-state index contributed by atoms with van der Waals surface area (Å²) in [6, 6.07) is 21.0. The molecule has 0 atom stereocenters. The van der Waals surface area contributed by atoms with E-state index in [1.165, 1.54) is 16.2 Å². The molecule has 1 N–H and O–H groups in total. The van der Waals surface area contributed by atoms with Crippen molar-refractivity contribution in [3.05, 3.63) is 77.3 Å². The molecule has 4 aromatic rings. The third-order valence-electron chi connectivity index (χ3n) is 4.89. The number of para-hydroxylation sites is 2. The van der Waals surface area contributed by atoms with E-state index >= 15 is 0 Å². The van der Waals surface area contributed by atoms with Crippen LogP contribution >= 0.6 is 11.3 Å². The summed E-state index contributed by atoms with van der Waals surface area (Å²) in [7, 11) is 0. The van der Waals surface area contributed by atoms with Crippen LogP contribution < -0.4 is 10.2 Å². The zero-order valence-electron chi connectivity index (χ0n) is 18.6. The summed E-state index contributed by atoms with van der Waals surface area (Å²) in [6.07, 6.45) is 0. The van der Waals surface area contributed by atoms with Crippen molar-refractivity contribution in [1.29, 1.82) is 0 Å². The van der Waals surface area contributed by atoms with Gasteiger partial charge in [-0.05, 0) is 58.0 Å². The van der Waals surface area contributed by atoms with Crippen molar-refractivity contribution in [3.63, 3.8) is 0 Å². The Morgan fingerprint density at radius 3 is 2.28 bits per heavy atom. The quantitative estimate of drug-likeness (QED) is 0.471. The number of benzene rings is 2. The van der Waals surface area contributed by atoms with Crippen LogP contribution in [0.25, 0.3) is 15.9 Å². The lowest BCUT2D eigenvalue weighted by Crippen LogP contribution is -2.47. The Balaban J connectivity index is 1.71. The van der Waals surface area contributed by atoms with Crippen molar-refractivity contribution in [3.8, 4) is 5.69 Å². The third kappa shape index (κ3) is 4.57. The number of anilines is 1. The second kappa shape index (κ2) is 8.59. The van der Waals surface area contributed by atoms with Gasteiger partial charge in [0, 0.05) is 16.6 Å². The highest BCUT2D eigenvalue weighted by Crippen LogP contribution is 2.32. The van der Waals surface area contributed by atoms with Crippen molar-refractivity contribution in [1.82, 2.24) is 15.1 Å². The van der Waals surface area contributed by atoms with Crippen molar-refractivity contribution < 1.29 is 9.59 Å². The Morgan fingerprint density at radius 1 is 1.03 bits per heavy atom. The fourth-order valence-electron chi connectivity index (χ4n) is 3.52. The van der Waals surface area contributed by atoms with E-state index in [2.05, 4.69) is 10.4 Å². The molecule has 0 aliphatic heterocycles. The molecule has 7 heteroatoms. The van der Waals surface area contributed by atoms with Crippen LogP contribution in [0.1, 0.15) is 36.1 Å². The molecular formula is C25H26N4O2S. The van der Waals surface area contributed by atoms with E-state index in [4.69, 9.17) is 0 Å². The maximum absolute atomic E-state index is 13.6. The van der Waals surface area contributed by atoms with Crippen LogP contribution in [0.15, 0.2) is 66.7 Å². The Kier molecular flexibility index (Phi) is 5.84. The molecule has 164 valence electrons. The minimum Gasteiger partial charge on any atom is -0.350 e. The van der Waals surface area contributed by atoms with E-state index < -0.39 is 0 Å².